The van der Waals surface area contributed by atoms with Crippen molar-refractivity contribution in [2.24, 2.45) is 0 Å². The van der Waals surface area contributed by atoms with Gasteiger partial charge in [-0.1, -0.05) is 60.7 Å². The Hall–Kier alpha value is -3.11. The van der Waals surface area contributed by atoms with Crippen LogP contribution in [0.1, 0.15) is 23.8 Å². The van der Waals surface area contributed by atoms with E-state index >= 15 is 0 Å². The maximum absolute atomic E-state index is 7.12. The van der Waals surface area contributed by atoms with E-state index < -0.39 is 0 Å². The largest absolute Gasteiger partial charge is 1.00 e. The van der Waals surface area contributed by atoms with Gasteiger partial charge in [-0.15, -0.1) is 0 Å². The first-order chi connectivity index (χ1) is 17.7. The molecule has 0 bridgehead atoms. The van der Waals surface area contributed by atoms with E-state index in [0.29, 0.717) is 5.69 Å². The molecule has 0 aliphatic carbocycles. The third kappa shape index (κ3) is 7.96. The molecule has 1 aliphatic heterocycles. The SMILES string of the molecule is [B].[Br-].[C-]#[N+]c1c[nH]c2c1CCN(Cc1ccccc1)C2.[C-]#[N+]c1c[nH]c2c[n+](Cc3ccccc3)ccc12.[H-].[Na+]. The van der Waals surface area contributed by atoms with E-state index in [1.807, 2.05) is 48.9 Å². The molecule has 6 nitrogen and oxygen atoms in total. The summed E-state index contributed by atoms with van der Waals surface area (Å²) in [6.07, 6.45) is 8.62. The Labute approximate surface area is 265 Å². The molecular weight excluding hydrogens is 558 g/mol. The smallest absolute Gasteiger partial charge is 1.00 e. The average Bonchev–Trinajstić information content (AvgIpc) is 3.53. The minimum absolute atomic E-state index is 0. The molecule has 9 heteroatoms. The molecule has 39 heavy (non-hydrogen) atoms. The van der Waals surface area contributed by atoms with Crippen LogP contribution in [-0.2, 0) is 26.1 Å². The van der Waals surface area contributed by atoms with Gasteiger partial charge in [-0.3, -0.25) is 4.90 Å². The number of fused-ring (bicyclic) bond motifs is 2. The van der Waals surface area contributed by atoms with Gasteiger partial charge >= 0.3 is 29.6 Å². The summed E-state index contributed by atoms with van der Waals surface area (Å²) in [7, 11) is 0. The molecule has 0 spiro atoms. The quantitative estimate of drug-likeness (QED) is 0.173. The van der Waals surface area contributed by atoms with Crippen LogP contribution in [0.3, 0.4) is 0 Å². The van der Waals surface area contributed by atoms with Crippen LogP contribution < -0.4 is 51.1 Å². The van der Waals surface area contributed by atoms with Gasteiger partial charge in [0.2, 0.25) is 11.4 Å². The molecule has 1 aliphatic rings. The average molecular weight is 586 g/mol. The third-order valence-corrected chi connectivity index (χ3v) is 6.47. The summed E-state index contributed by atoms with van der Waals surface area (Å²) in [5, 5.41) is 0.981. The molecule has 0 saturated carbocycles. The minimum Gasteiger partial charge on any atom is -1.00 e. The maximum atomic E-state index is 7.12. The van der Waals surface area contributed by atoms with Crippen molar-refractivity contribution in [2.45, 2.75) is 26.1 Å². The summed E-state index contributed by atoms with van der Waals surface area (Å²) in [5.41, 5.74) is 7.51. The van der Waals surface area contributed by atoms with Crippen LogP contribution in [0.25, 0.3) is 20.6 Å². The predicted molar refractivity (Wildman–Crippen MR) is 148 cm³/mol. The monoisotopic (exact) mass is 585 g/mol. The van der Waals surface area contributed by atoms with Crippen LogP contribution in [0.4, 0.5) is 11.4 Å². The number of rotatable bonds is 4. The van der Waals surface area contributed by atoms with Gasteiger partial charge in [0.25, 0.3) is 0 Å². The zero-order valence-corrected chi connectivity index (χ0v) is 25.5. The fraction of sp³-hybridized carbons (Fsp3) is 0.167. The Morgan fingerprint density at radius 3 is 2.18 bits per heavy atom. The normalized spacial score (nSPS) is 11.7. The van der Waals surface area contributed by atoms with Gasteiger partial charge in [0.15, 0.2) is 18.9 Å². The number of pyridine rings is 1. The number of aromatic nitrogens is 3. The summed E-state index contributed by atoms with van der Waals surface area (Å²) in [6.45, 7) is 18.0. The molecule has 4 heterocycles. The summed E-state index contributed by atoms with van der Waals surface area (Å²) in [4.78, 5) is 15.8. The van der Waals surface area contributed by atoms with Crippen LogP contribution in [0.5, 0.6) is 0 Å². The van der Waals surface area contributed by atoms with Crippen molar-refractivity contribution >= 4 is 30.7 Å². The number of H-pyrrole nitrogens is 2. The second-order valence-corrected chi connectivity index (χ2v) is 8.90. The molecule has 3 radical (unpaired) electrons. The van der Waals surface area contributed by atoms with Crippen molar-refractivity contribution in [3.8, 4) is 0 Å². The Kier molecular flexibility index (Phi) is 12.7. The summed E-state index contributed by atoms with van der Waals surface area (Å²) in [5.74, 6) is 0. The van der Waals surface area contributed by atoms with E-state index in [2.05, 4.69) is 65.5 Å². The van der Waals surface area contributed by atoms with Crippen molar-refractivity contribution in [1.82, 2.24) is 14.9 Å². The Morgan fingerprint density at radius 1 is 0.872 bits per heavy atom. The minimum atomic E-state index is 0. The Bertz CT molecular complexity index is 1560. The van der Waals surface area contributed by atoms with E-state index in [9.17, 15) is 0 Å². The van der Waals surface area contributed by atoms with E-state index in [1.54, 1.807) is 6.20 Å². The van der Waals surface area contributed by atoms with Gasteiger partial charge in [-0.2, -0.15) is 4.57 Å². The molecule has 0 fully saturated rings. The van der Waals surface area contributed by atoms with E-state index in [-0.39, 0.29) is 56.4 Å². The first-order valence-corrected chi connectivity index (χ1v) is 12.0. The summed E-state index contributed by atoms with van der Waals surface area (Å²) >= 11 is 0. The van der Waals surface area contributed by atoms with Gasteiger partial charge in [-0.05, 0) is 17.5 Å². The fourth-order valence-corrected chi connectivity index (χ4v) is 4.64. The molecule has 0 saturated heterocycles. The molecule has 6 rings (SSSR count). The number of hydrogen-bond donors (Lipinski definition) is 2. The first kappa shape index (κ1) is 32.1. The summed E-state index contributed by atoms with van der Waals surface area (Å²) in [6, 6.07) is 22.8. The summed E-state index contributed by atoms with van der Waals surface area (Å²) < 4.78 is 2.11. The fourth-order valence-electron chi connectivity index (χ4n) is 4.64. The topological polar surface area (TPSA) is 47.4 Å². The van der Waals surface area contributed by atoms with Gasteiger partial charge in [0.1, 0.15) is 0 Å². The zero-order chi connectivity index (χ0) is 24.7. The van der Waals surface area contributed by atoms with Gasteiger partial charge in [0, 0.05) is 63.2 Å². The van der Waals surface area contributed by atoms with Crippen LogP contribution in [0, 0.1) is 13.1 Å². The number of halogens is 1. The van der Waals surface area contributed by atoms with Crippen LogP contribution >= 0.6 is 0 Å². The molecule has 2 aromatic carbocycles. The second-order valence-electron chi connectivity index (χ2n) is 8.90. The first-order valence-electron chi connectivity index (χ1n) is 12.0. The van der Waals surface area contributed by atoms with Crippen molar-refractivity contribution in [3.05, 3.63) is 137 Å². The molecule has 3 aromatic heterocycles. The number of benzene rings is 2. The molecular formula is C30H28BBrN6Na. The van der Waals surface area contributed by atoms with Crippen LogP contribution in [0.15, 0.2) is 91.5 Å². The van der Waals surface area contributed by atoms with Crippen molar-refractivity contribution in [1.29, 1.82) is 0 Å². The third-order valence-electron chi connectivity index (χ3n) is 6.47. The van der Waals surface area contributed by atoms with E-state index in [1.165, 1.54) is 22.4 Å². The van der Waals surface area contributed by atoms with Crippen LogP contribution in [0.2, 0.25) is 0 Å². The zero-order valence-electron chi connectivity index (χ0n) is 22.9. The molecule has 0 unspecified atom stereocenters. The van der Waals surface area contributed by atoms with Gasteiger partial charge < -0.3 is 28.4 Å². The molecule has 0 atom stereocenters. The second kappa shape index (κ2) is 15.5. The van der Waals surface area contributed by atoms with Gasteiger partial charge in [-0.25, -0.2) is 9.69 Å². The number of hydrogen-bond acceptors (Lipinski definition) is 1. The predicted octanol–water partition coefficient (Wildman–Crippen LogP) is -0.0820. The van der Waals surface area contributed by atoms with Crippen molar-refractivity contribution in [2.75, 3.05) is 6.54 Å². The molecule has 2 N–H and O–H groups in total. The Balaban J connectivity index is 0.000000364. The molecule has 0 amide bonds. The number of aromatic amines is 2. The van der Waals surface area contributed by atoms with Crippen LogP contribution in [-0.4, -0.2) is 29.8 Å². The maximum Gasteiger partial charge on any atom is 1.00 e. The van der Waals surface area contributed by atoms with E-state index in [0.717, 1.165) is 49.2 Å². The molecule has 189 valence electrons. The van der Waals surface area contributed by atoms with Crippen molar-refractivity contribution in [3.63, 3.8) is 0 Å². The Morgan fingerprint density at radius 2 is 1.51 bits per heavy atom. The molecule has 5 aromatic rings. The number of nitrogens with one attached hydrogen (secondary N) is 2. The van der Waals surface area contributed by atoms with Gasteiger partial charge in [0.05, 0.1) is 18.7 Å². The standard InChI is InChI=1S/C15H15N3.C15H11N3.B.BrH.Na.H/c2*1-16-14-9-17-15-11-18(8-7-13(14)15)10-12-5-3-2-4-6-12;;;;/h2-6,9,17H,7-8,10-11H2;2-9,11H,10H2;;1H;;/q;;;;+1;-1. The van der Waals surface area contributed by atoms with Crippen molar-refractivity contribution < 1.29 is 52.5 Å². The number of nitrogens with zero attached hydrogens (tertiary/aromatic N) is 4. The van der Waals surface area contributed by atoms with E-state index in [4.69, 9.17) is 13.1 Å².